The van der Waals surface area contributed by atoms with Gasteiger partial charge in [0, 0.05) is 5.41 Å². The first-order chi connectivity index (χ1) is 8.53. The minimum atomic E-state index is -1.09. The van der Waals surface area contributed by atoms with Gasteiger partial charge in [0.25, 0.3) is 0 Å². The van der Waals surface area contributed by atoms with Gasteiger partial charge < -0.3 is 14.8 Å². The van der Waals surface area contributed by atoms with E-state index in [0.717, 1.165) is 0 Å². The molecule has 1 N–H and O–H groups in total. The van der Waals surface area contributed by atoms with Crippen molar-refractivity contribution in [3.8, 4) is 0 Å². The predicted octanol–water partition coefficient (Wildman–Crippen LogP) is 2.44. The van der Waals surface area contributed by atoms with Crippen molar-refractivity contribution in [3.05, 3.63) is 0 Å². The van der Waals surface area contributed by atoms with Crippen molar-refractivity contribution in [2.24, 2.45) is 5.41 Å². The molecule has 0 aromatic rings. The van der Waals surface area contributed by atoms with E-state index in [0.29, 0.717) is 0 Å². The predicted molar refractivity (Wildman–Crippen MR) is 69.5 cm³/mol. The smallest absolute Gasteiger partial charge is 0.408 e. The van der Waals surface area contributed by atoms with Gasteiger partial charge in [-0.3, -0.25) is 4.39 Å². The highest BCUT2D eigenvalue weighted by molar-refractivity contribution is 5.82. The van der Waals surface area contributed by atoms with Crippen molar-refractivity contribution in [1.82, 2.24) is 5.32 Å². The summed E-state index contributed by atoms with van der Waals surface area (Å²) in [5.41, 5.74) is -1.76. The molecular formula is C13H24FNO4. The number of halogens is 1. The normalized spacial score (nSPS) is 13.6. The van der Waals surface area contributed by atoms with Crippen LogP contribution in [0.1, 0.15) is 41.5 Å². The summed E-state index contributed by atoms with van der Waals surface area (Å²) in [5.74, 6) is -0.670. The summed E-state index contributed by atoms with van der Waals surface area (Å²) < 4.78 is 22.9. The molecule has 0 fully saturated rings. The monoisotopic (exact) mass is 277 g/mol. The second-order valence-electron chi connectivity index (χ2n) is 5.95. The van der Waals surface area contributed by atoms with Crippen LogP contribution in [0.3, 0.4) is 0 Å². The minimum Gasteiger partial charge on any atom is -0.464 e. The summed E-state index contributed by atoms with van der Waals surface area (Å²) in [7, 11) is 0. The summed E-state index contributed by atoms with van der Waals surface area (Å²) in [6.07, 6.45) is -0.771. The number of carbonyl (C=O) groups excluding carboxylic acids is 2. The molecule has 1 atom stereocenters. The van der Waals surface area contributed by atoms with Crippen LogP contribution in [-0.4, -0.2) is 37.0 Å². The van der Waals surface area contributed by atoms with Crippen molar-refractivity contribution in [1.29, 1.82) is 0 Å². The van der Waals surface area contributed by atoms with E-state index < -0.39 is 35.8 Å². The van der Waals surface area contributed by atoms with Gasteiger partial charge in [0.2, 0.25) is 0 Å². The Balaban J connectivity index is 4.87. The Bertz CT molecular complexity index is 323. The number of carbonyl (C=O) groups is 2. The van der Waals surface area contributed by atoms with Crippen molar-refractivity contribution in [2.45, 2.75) is 53.2 Å². The molecule has 5 nitrogen and oxygen atoms in total. The van der Waals surface area contributed by atoms with E-state index in [-0.39, 0.29) is 6.61 Å². The number of esters is 1. The zero-order valence-electron chi connectivity index (χ0n) is 12.5. The van der Waals surface area contributed by atoms with Gasteiger partial charge in [-0.05, 0) is 27.7 Å². The third kappa shape index (κ3) is 6.40. The zero-order chi connectivity index (χ0) is 15.3. The van der Waals surface area contributed by atoms with Crippen LogP contribution in [0.25, 0.3) is 0 Å². The highest BCUT2D eigenvalue weighted by atomic mass is 19.1. The van der Waals surface area contributed by atoms with Crippen LogP contribution in [0.15, 0.2) is 0 Å². The molecule has 112 valence electrons. The molecule has 0 aromatic carbocycles. The van der Waals surface area contributed by atoms with Gasteiger partial charge in [0.1, 0.15) is 11.6 Å². The Morgan fingerprint density at radius 2 is 1.74 bits per heavy atom. The topological polar surface area (TPSA) is 64.6 Å². The van der Waals surface area contributed by atoms with E-state index in [1.807, 2.05) is 0 Å². The molecule has 0 rings (SSSR count). The lowest BCUT2D eigenvalue weighted by molar-refractivity contribution is -0.149. The number of rotatable bonds is 5. The number of alkyl carbamates (subject to hydrolysis) is 1. The number of alkyl halides is 1. The molecule has 0 spiro atoms. The van der Waals surface area contributed by atoms with Gasteiger partial charge in [0.15, 0.2) is 0 Å². The third-order valence-electron chi connectivity index (χ3n) is 2.31. The summed E-state index contributed by atoms with van der Waals surface area (Å²) in [4.78, 5) is 23.5. The second kappa shape index (κ2) is 6.73. The van der Waals surface area contributed by atoms with Crippen molar-refractivity contribution < 1.29 is 23.5 Å². The molecule has 0 bridgehead atoms. The lowest BCUT2D eigenvalue weighted by Crippen LogP contribution is -2.53. The fourth-order valence-electron chi connectivity index (χ4n) is 1.30. The van der Waals surface area contributed by atoms with Crippen molar-refractivity contribution in [2.75, 3.05) is 13.3 Å². The maximum Gasteiger partial charge on any atom is 0.408 e. The number of ether oxygens (including phenoxy) is 2. The summed E-state index contributed by atoms with van der Waals surface area (Å²) >= 11 is 0. The van der Waals surface area contributed by atoms with E-state index in [1.54, 1.807) is 27.7 Å². The number of hydrogen-bond acceptors (Lipinski definition) is 4. The van der Waals surface area contributed by atoms with E-state index >= 15 is 0 Å². The molecule has 0 saturated heterocycles. The number of amides is 1. The Labute approximate surface area is 113 Å². The molecule has 0 saturated carbocycles. The summed E-state index contributed by atoms with van der Waals surface area (Å²) in [6, 6.07) is -1.09. The molecule has 0 heterocycles. The zero-order valence-corrected chi connectivity index (χ0v) is 12.5. The first-order valence-corrected chi connectivity index (χ1v) is 6.25. The standard InChI is InChI=1S/C13H24FNO4/c1-7-18-10(16)9(13(5,6)8-14)15-11(17)19-12(2,3)4/h9H,7-8H2,1-6H3,(H,15,17). The Hall–Kier alpha value is -1.33. The Kier molecular flexibility index (Phi) is 6.25. The molecule has 6 heteroatoms. The highest BCUT2D eigenvalue weighted by Gasteiger charge is 2.38. The van der Waals surface area contributed by atoms with Crippen LogP contribution in [0, 0.1) is 5.41 Å². The Morgan fingerprint density at radius 3 is 2.11 bits per heavy atom. The minimum absolute atomic E-state index is 0.160. The summed E-state index contributed by atoms with van der Waals surface area (Å²) in [6.45, 7) is 9.20. The van der Waals surface area contributed by atoms with E-state index in [9.17, 15) is 14.0 Å². The van der Waals surface area contributed by atoms with Crippen LogP contribution >= 0.6 is 0 Å². The van der Waals surface area contributed by atoms with Crippen LogP contribution in [-0.2, 0) is 14.3 Å². The SMILES string of the molecule is CCOC(=O)C(NC(=O)OC(C)(C)C)C(C)(C)CF. The number of nitrogens with one attached hydrogen (secondary N) is 1. The van der Waals surface area contributed by atoms with Gasteiger partial charge in [-0.25, -0.2) is 9.59 Å². The van der Waals surface area contributed by atoms with Crippen molar-refractivity contribution in [3.63, 3.8) is 0 Å². The molecular weight excluding hydrogens is 253 g/mol. The average molecular weight is 277 g/mol. The maximum absolute atomic E-state index is 13.0. The molecule has 0 aliphatic rings. The van der Waals surface area contributed by atoms with E-state index in [2.05, 4.69) is 5.32 Å². The fourth-order valence-corrected chi connectivity index (χ4v) is 1.30. The quantitative estimate of drug-likeness (QED) is 0.784. The van der Waals surface area contributed by atoms with Crippen LogP contribution in [0.2, 0.25) is 0 Å². The van der Waals surface area contributed by atoms with Crippen LogP contribution in [0.5, 0.6) is 0 Å². The lowest BCUT2D eigenvalue weighted by atomic mass is 9.86. The molecule has 0 aromatic heterocycles. The van der Waals surface area contributed by atoms with Gasteiger partial charge in [-0.15, -0.1) is 0 Å². The molecule has 1 amide bonds. The van der Waals surface area contributed by atoms with Gasteiger partial charge in [0.05, 0.1) is 13.3 Å². The van der Waals surface area contributed by atoms with Gasteiger partial charge in [-0.2, -0.15) is 0 Å². The lowest BCUT2D eigenvalue weighted by Gasteiger charge is -2.31. The maximum atomic E-state index is 13.0. The van der Waals surface area contributed by atoms with Crippen LogP contribution in [0.4, 0.5) is 9.18 Å². The first kappa shape index (κ1) is 17.7. The molecule has 0 aliphatic carbocycles. The average Bonchev–Trinajstić information content (AvgIpc) is 2.23. The molecule has 19 heavy (non-hydrogen) atoms. The van der Waals surface area contributed by atoms with Crippen LogP contribution < -0.4 is 5.32 Å². The van der Waals surface area contributed by atoms with Crippen molar-refractivity contribution >= 4 is 12.1 Å². The van der Waals surface area contributed by atoms with Gasteiger partial charge >= 0.3 is 12.1 Å². The third-order valence-corrected chi connectivity index (χ3v) is 2.31. The molecule has 0 radical (unpaired) electrons. The Morgan fingerprint density at radius 1 is 1.21 bits per heavy atom. The van der Waals surface area contributed by atoms with Gasteiger partial charge in [-0.1, -0.05) is 13.8 Å². The molecule has 1 unspecified atom stereocenters. The van der Waals surface area contributed by atoms with E-state index in [4.69, 9.17) is 9.47 Å². The van der Waals surface area contributed by atoms with E-state index in [1.165, 1.54) is 13.8 Å². The summed E-state index contributed by atoms with van der Waals surface area (Å²) in [5, 5.41) is 2.37. The first-order valence-electron chi connectivity index (χ1n) is 6.25. The second-order valence-corrected chi connectivity index (χ2v) is 5.95. The number of hydrogen-bond donors (Lipinski definition) is 1. The fraction of sp³-hybridized carbons (Fsp3) is 0.846. The molecule has 0 aliphatic heterocycles. The largest absolute Gasteiger partial charge is 0.464 e. The highest BCUT2D eigenvalue weighted by Crippen LogP contribution is 2.23.